The van der Waals surface area contributed by atoms with Gasteiger partial charge in [-0.05, 0) is 33.1 Å². The lowest BCUT2D eigenvalue weighted by molar-refractivity contribution is -0.142. The highest BCUT2D eigenvalue weighted by atomic mass is 16.5. The van der Waals surface area contributed by atoms with Gasteiger partial charge in [0, 0.05) is 11.1 Å². The van der Waals surface area contributed by atoms with E-state index in [1.54, 1.807) is 13.8 Å². The van der Waals surface area contributed by atoms with E-state index >= 15 is 0 Å². The summed E-state index contributed by atoms with van der Waals surface area (Å²) in [5, 5.41) is 0. The van der Waals surface area contributed by atoms with Crippen LogP contribution in [0.3, 0.4) is 0 Å². The molecule has 0 saturated carbocycles. The molecule has 4 heteroatoms. The Hall–Kier alpha value is -1.32. The molecule has 0 aliphatic carbocycles. The average molecular weight is 284 g/mol. The van der Waals surface area contributed by atoms with Crippen molar-refractivity contribution in [1.29, 1.82) is 0 Å². The summed E-state index contributed by atoms with van der Waals surface area (Å²) in [6, 6.07) is 0. The lowest BCUT2D eigenvalue weighted by Crippen LogP contribution is -2.17. The second kappa shape index (κ2) is 11.5. The fraction of sp³-hybridized carbons (Fsp3) is 0.750. The fourth-order valence-electron chi connectivity index (χ4n) is 1.99. The van der Waals surface area contributed by atoms with E-state index in [0.29, 0.717) is 37.2 Å². The molecule has 0 N–H and O–H groups in total. The summed E-state index contributed by atoms with van der Waals surface area (Å²) in [6.45, 7) is 8.25. The summed E-state index contributed by atoms with van der Waals surface area (Å²) < 4.78 is 10.2. The highest BCUT2D eigenvalue weighted by molar-refractivity contribution is 6.00. The van der Waals surface area contributed by atoms with Crippen molar-refractivity contribution in [1.82, 2.24) is 0 Å². The van der Waals surface area contributed by atoms with Gasteiger partial charge in [-0.25, -0.2) is 9.59 Å². The third kappa shape index (κ3) is 6.73. The smallest absolute Gasteiger partial charge is 0.334 e. The van der Waals surface area contributed by atoms with Gasteiger partial charge in [-0.3, -0.25) is 0 Å². The Bertz CT molecular complexity index is 331. The maximum absolute atomic E-state index is 12.1. The zero-order chi connectivity index (χ0) is 15.4. The van der Waals surface area contributed by atoms with Gasteiger partial charge in [0.25, 0.3) is 0 Å². The van der Waals surface area contributed by atoms with Crippen molar-refractivity contribution >= 4 is 11.9 Å². The first kappa shape index (κ1) is 18.7. The molecule has 0 aliphatic heterocycles. The van der Waals surface area contributed by atoms with Crippen LogP contribution in [-0.2, 0) is 19.1 Å². The van der Waals surface area contributed by atoms with Crippen molar-refractivity contribution < 1.29 is 19.1 Å². The maximum Gasteiger partial charge on any atom is 0.334 e. The van der Waals surface area contributed by atoms with E-state index in [1.807, 2.05) is 6.92 Å². The standard InChI is InChI=1S/C16H28O4/c1-5-9-10-12-14(16(18)20-8-4)13(11-6-2)15(17)19-7-3/h5-12H2,1-4H3/b14-13-. The average Bonchev–Trinajstić information content (AvgIpc) is 2.42. The molecule has 0 aliphatic rings. The molecule has 0 fully saturated rings. The largest absolute Gasteiger partial charge is 0.463 e. The van der Waals surface area contributed by atoms with Crippen LogP contribution >= 0.6 is 0 Å². The minimum Gasteiger partial charge on any atom is -0.463 e. The lowest BCUT2D eigenvalue weighted by Gasteiger charge is -2.13. The number of carbonyl (C=O) groups is 2. The number of unbranched alkanes of at least 4 members (excludes halogenated alkanes) is 2. The van der Waals surface area contributed by atoms with E-state index < -0.39 is 0 Å². The van der Waals surface area contributed by atoms with Crippen LogP contribution in [0, 0.1) is 0 Å². The van der Waals surface area contributed by atoms with Gasteiger partial charge in [-0.15, -0.1) is 0 Å². The van der Waals surface area contributed by atoms with Gasteiger partial charge in [0.1, 0.15) is 0 Å². The zero-order valence-electron chi connectivity index (χ0n) is 13.3. The number of hydrogen-bond donors (Lipinski definition) is 0. The van der Waals surface area contributed by atoms with E-state index in [0.717, 1.165) is 25.7 Å². The van der Waals surface area contributed by atoms with Crippen LogP contribution in [0.2, 0.25) is 0 Å². The molecule has 4 nitrogen and oxygen atoms in total. The molecule has 0 bridgehead atoms. The van der Waals surface area contributed by atoms with Gasteiger partial charge in [0.05, 0.1) is 13.2 Å². The van der Waals surface area contributed by atoms with Crippen LogP contribution in [0.15, 0.2) is 11.1 Å². The van der Waals surface area contributed by atoms with Crippen LogP contribution < -0.4 is 0 Å². The van der Waals surface area contributed by atoms with Gasteiger partial charge in [0.15, 0.2) is 0 Å². The molecule has 0 radical (unpaired) electrons. The molecular formula is C16H28O4. The number of hydrogen-bond acceptors (Lipinski definition) is 4. The Kier molecular flexibility index (Phi) is 10.7. The van der Waals surface area contributed by atoms with E-state index in [1.165, 1.54) is 0 Å². The van der Waals surface area contributed by atoms with Crippen LogP contribution in [0.4, 0.5) is 0 Å². The molecule has 0 unspecified atom stereocenters. The topological polar surface area (TPSA) is 52.6 Å². The van der Waals surface area contributed by atoms with Crippen molar-refractivity contribution in [3.63, 3.8) is 0 Å². The number of ether oxygens (including phenoxy) is 2. The number of carbonyl (C=O) groups excluding carboxylic acids is 2. The van der Waals surface area contributed by atoms with Gasteiger partial charge < -0.3 is 9.47 Å². The Morgan fingerprint density at radius 1 is 0.700 bits per heavy atom. The molecule has 0 atom stereocenters. The van der Waals surface area contributed by atoms with Crippen molar-refractivity contribution in [3.8, 4) is 0 Å². The summed E-state index contributed by atoms with van der Waals surface area (Å²) in [6.07, 6.45) is 4.92. The van der Waals surface area contributed by atoms with E-state index in [-0.39, 0.29) is 11.9 Å². The molecular weight excluding hydrogens is 256 g/mol. The first-order chi connectivity index (χ1) is 9.62. The molecule has 0 rings (SSSR count). The first-order valence-corrected chi connectivity index (χ1v) is 7.68. The van der Waals surface area contributed by atoms with Crippen LogP contribution in [-0.4, -0.2) is 25.2 Å². The van der Waals surface area contributed by atoms with Crippen LogP contribution in [0.1, 0.15) is 66.2 Å². The predicted octanol–water partition coefficient (Wildman–Crippen LogP) is 3.79. The van der Waals surface area contributed by atoms with Crippen molar-refractivity contribution in [2.24, 2.45) is 0 Å². The summed E-state index contributed by atoms with van der Waals surface area (Å²) in [5.74, 6) is -0.756. The third-order valence-electron chi connectivity index (χ3n) is 2.94. The van der Waals surface area contributed by atoms with Gasteiger partial charge in [-0.2, -0.15) is 0 Å². The molecule has 0 spiro atoms. The monoisotopic (exact) mass is 284 g/mol. The quantitative estimate of drug-likeness (QED) is 0.348. The fourth-order valence-corrected chi connectivity index (χ4v) is 1.99. The molecule has 116 valence electrons. The second-order valence-corrected chi connectivity index (χ2v) is 4.61. The lowest BCUT2D eigenvalue weighted by atomic mass is 9.98. The molecule has 0 saturated heterocycles. The zero-order valence-corrected chi connectivity index (χ0v) is 13.3. The maximum atomic E-state index is 12.1. The molecule has 0 aromatic heterocycles. The summed E-state index contributed by atoms with van der Waals surface area (Å²) in [7, 11) is 0. The normalized spacial score (nSPS) is 11.8. The minimum absolute atomic E-state index is 0.317. The first-order valence-electron chi connectivity index (χ1n) is 7.68. The summed E-state index contributed by atoms with van der Waals surface area (Å²) >= 11 is 0. The Labute approximate surface area is 122 Å². The van der Waals surface area contributed by atoms with Crippen LogP contribution in [0.5, 0.6) is 0 Å². The molecule has 0 aromatic rings. The molecule has 20 heavy (non-hydrogen) atoms. The highest BCUT2D eigenvalue weighted by Crippen LogP contribution is 2.20. The molecule has 0 heterocycles. The third-order valence-corrected chi connectivity index (χ3v) is 2.94. The van der Waals surface area contributed by atoms with Gasteiger partial charge in [0.2, 0.25) is 0 Å². The van der Waals surface area contributed by atoms with E-state index in [9.17, 15) is 9.59 Å². The van der Waals surface area contributed by atoms with E-state index in [4.69, 9.17) is 9.47 Å². The Morgan fingerprint density at radius 3 is 1.60 bits per heavy atom. The van der Waals surface area contributed by atoms with Gasteiger partial charge in [-0.1, -0.05) is 33.1 Å². The molecule has 0 aromatic carbocycles. The SMILES string of the molecule is CCCCC/C(C(=O)OCC)=C(\CCC)C(=O)OCC. The summed E-state index contributed by atoms with van der Waals surface area (Å²) in [4.78, 5) is 24.1. The second-order valence-electron chi connectivity index (χ2n) is 4.61. The minimum atomic E-state index is -0.381. The van der Waals surface area contributed by atoms with Crippen LogP contribution in [0.25, 0.3) is 0 Å². The Balaban J connectivity index is 5.24. The Morgan fingerprint density at radius 2 is 1.20 bits per heavy atom. The number of esters is 2. The van der Waals surface area contributed by atoms with E-state index in [2.05, 4.69) is 6.92 Å². The van der Waals surface area contributed by atoms with Crippen molar-refractivity contribution in [2.45, 2.75) is 66.2 Å². The highest BCUT2D eigenvalue weighted by Gasteiger charge is 2.22. The van der Waals surface area contributed by atoms with Gasteiger partial charge >= 0.3 is 11.9 Å². The molecule has 0 amide bonds. The van der Waals surface area contributed by atoms with Crippen molar-refractivity contribution in [2.75, 3.05) is 13.2 Å². The summed E-state index contributed by atoms with van der Waals surface area (Å²) in [5.41, 5.74) is 0.990. The predicted molar refractivity (Wildman–Crippen MR) is 79.3 cm³/mol. The number of rotatable bonds is 10. The van der Waals surface area contributed by atoms with Crippen molar-refractivity contribution in [3.05, 3.63) is 11.1 Å².